The normalized spacial score (nSPS) is 20.2. The van der Waals surface area contributed by atoms with Gasteiger partial charge < -0.3 is 10.6 Å². The molecule has 1 aromatic heterocycles. The molecule has 3 nitrogen and oxygen atoms in total. The van der Waals surface area contributed by atoms with Gasteiger partial charge in [0, 0.05) is 24.0 Å². The maximum atomic E-state index is 13.1. The number of amides is 1. The van der Waals surface area contributed by atoms with Gasteiger partial charge in [-0.05, 0) is 48.1 Å². The van der Waals surface area contributed by atoms with Gasteiger partial charge in [-0.1, -0.05) is 26.0 Å². The zero-order valence-electron chi connectivity index (χ0n) is 14.3. The van der Waals surface area contributed by atoms with E-state index in [2.05, 4.69) is 13.8 Å². The summed E-state index contributed by atoms with van der Waals surface area (Å²) < 4.78 is 13.1. The number of carbonyl (C=O) groups is 1. The van der Waals surface area contributed by atoms with E-state index in [4.69, 9.17) is 5.73 Å². The number of hydrogen-bond donors (Lipinski definition) is 1. The molecule has 0 radical (unpaired) electrons. The summed E-state index contributed by atoms with van der Waals surface area (Å²) in [5.74, 6) is -0.187. The van der Waals surface area contributed by atoms with Gasteiger partial charge in [-0.2, -0.15) is 0 Å². The molecule has 1 aliphatic rings. The summed E-state index contributed by atoms with van der Waals surface area (Å²) in [5.41, 5.74) is 8.08. The van der Waals surface area contributed by atoms with Crippen LogP contribution in [0.2, 0.25) is 0 Å². The number of hydrogen-bond acceptors (Lipinski definition) is 3. The molecule has 5 heteroatoms. The molecule has 2 aromatic rings. The van der Waals surface area contributed by atoms with E-state index in [9.17, 15) is 9.18 Å². The van der Waals surface area contributed by atoms with E-state index in [-0.39, 0.29) is 23.2 Å². The van der Waals surface area contributed by atoms with E-state index in [1.165, 1.54) is 23.5 Å². The molecule has 1 unspecified atom stereocenters. The summed E-state index contributed by atoms with van der Waals surface area (Å²) >= 11 is 1.48. The van der Waals surface area contributed by atoms with Gasteiger partial charge in [0.25, 0.3) is 5.91 Å². The van der Waals surface area contributed by atoms with Crippen LogP contribution in [0.25, 0.3) is 10.4 Å². The molecule has 24 heavy (non-hydrogen) atoms. The van der Waals surface area contributed by atoms with Crippen molar-refractivity contribution in [1.82, 2.24) is 4.90 Å². The van der Waals surface area contributed by atoms with Crippen molar-refractivity contribution < 1.29 is 9.18 Å². The summed E-state index contributed by atoms with van der Waals surface area (Å²) in [6.45, 7) is 7.59. The topological polar surface area (TPSA) is 46.3 Å². The van der Waals surface area contributed by atoms with Crippen molar-refractivity contribution in [2.75, 3.05) is 13.1 Å². The van der Waals surface area contributed by atoms with Crippen LogP contribution in [0.1, 0.15) is 35.5 Å². The van der Waals surface area contributed by atoms with Crippen LogP contribution in [0.5, 0.6) is 0 Å². The SMILES string of the molecule is Cc1cc(C(=O)N2CCC(N)C(C)(C)C2)sc1-c1ccc(F)cc1. The lowest BCUT2D eigenvalue weighted by atomic mass is 9.79. The molecule has 1 aliphatic heterocycles. The quantitative estimate of drug-likeness (QED) is 0.891. The summed E-state index contributed by atoms with van der Waals surface area (Å²) in [5, 5.41) is 0. The van der Waals surface area contributed by atoms with Crippen molar-refractivity contribution in [3.05, 3.63) is 46.6 Å². The van der Waals surface area contributed by atoms with Crippen LogP contribution >= 0.6 is 11.3 Å². The molecule has 2 N–H and O–H groups in total. The summed E-state index contributed by atoms with van der Waals surface area (Å²) in [6.07, 6.45) is 0.827. The van der Waals surface area contributed by atoms with Crippen LogP contribution in [-0.2, 0) is 0 Å². The van der Waals surface area contributed by atoms with Crippen molar-refractivity contribution >= 4 is 17.2 Å². The van der Waals surface area contributed by atoms with Gasteiger partial charge in [0.05, 0.1) is 4.88 Å². The lowest BCUT2D eigenvalue weighted by Crippen LogP contribution is -2.53. The first kappa shape index (κ1) is 17.1. The predicted molar refractivity (Wildman–Crippen MR) is 96.7 cm³/mol. The largest absolute Gasteiger partial charge is 0.337 e. The average molecular weight is 346 g/mol. The van der Waals surface area contributed by atoms with E-state index >= 15 is 0 Å². The molecule has 0 aliphatic carbocycles. The Kier molecular flexibility index (Phi) is 4.49. The van der Waals surface area contributed by atoms with Crippen molar-refractivity contribution in [2.45, 2.75) is 33.2 Å². The van der Waals surface area contributed by atoms with Gasteiger partial charge in [0.1, 0.15) is 5.82 Å². The van der Waals surface area contributed by atoms with E-state index in [1.807, 2.05) is 17.9 Å². The number of nitrogens with zero attached hydrogens (tertiary/aromatic N) is 1. The minimum absolute atomic E-state index is 0.0661. The Labute approximate surface area is 146 Å². The monoisotopic (exact) mass is 346 g/mol. The molecular formula is C19H23FN2OS. The highest BCUT2D eigenvalue weighted by atomic mass is 32.1. The Morgan fingerprint density at radius 2 is 2.00 bits per heavy atom. The van der Waals surface area contributed by atoms with Crippen LogP contribution in [0.15, 0.2) is 30.3 Å². The first-order valence-corrected chi connectivity index (χ1v) is 9.01. The zero-order chi connectivity index (χ0) is 17.5. The fourth-order valence-corrected chi connectivity index (χ4v) is 4.32. The Hall–Kier alpha value is -1.72. The van der Waals surface area contributed by atoms with Gasteiger partial charge in [-0.25, -0.2) is 4.39 Å². The second-order valence-electron chi connectivity index (χ2n) is 7.24. The highest BCUT2D eigenvalue weighted by Crippen LogP contribution is 2.35. The Morgan fingerprint density at radius 3 is 2.62 bits per heavy atom. The number of benzene rings is 1. The van der Waals surface area contributed by atoms with Crippen molar-refractivity contribution in [3.8, 4) is 10.4 Å². The third kappa shape index (κ3) is 3.23. The minimum atomic E-state index is -0.254. The van der Waals surface area contributed by atoms with Crippen molar-refractivity contribution in [2.24, 2.45) is 11.1 Å². The smallest absolute Gasteiger partial charge is 0.263 e. The zero-order valence-corrected chi connectivity index (χ0v) is 15.1. The molecule has 1 aromatic carbocycles. The number of likely N-dealkylation sites (tertiary alicyclic amines) is 1. The first-order chi connectivity index (χ1) is 11.3. The molecule has 0 spiro atoms. The second kappa shape index (κ2) is 6.30. The van der Waals surface area contributed by atoms with Crippen LogP contribution < -0.4 is 5.73 Å². The van der Waals surface area contributed by atoms with E-state index in [0.29, 0.717) is 13.1 Å². The lowest BCUT2D eigenvalue weighted by Gasteiger charge is -2.42. The first-order valence-electron chi connectivity index (χ1n) is 8.19. The van der Waals surface area contributed by atoms with Crippen LogP contribution in [0, 0.1) is 18.2 Å². The van der Waals surface area contributed by atoms with E-state index in [1.54, 1.807) is 12.1 Å². The Morgan fingerprint density at radius 1 is 1.33 bits per heavy atom. The second-order valence-corrected chi connectivity index (χ2v) is 8.29. The van der Waals surface area contributed by atoms with E-state index < -0.39 is 0 Å². The van der Waals surface area contributed by atoms with Crippen molar-refractivity contribution in [1.29, 1.82) is 0 Å². The number of nitrogens with two attached hydrogens (primary N) is 1. The number of halogens is 1. The van der Waals surface area contributed by atoms with Gasteiger partial charge in [-0.15, -0.1) is 11.3 Å². The van der Waals surface area contributed by atoms with Gasteiger partial charge in [-0.3, -0.25) is 4.79 Å². The highest BCUT2D eigenvalue weighted by Gasteiger charge is 2.36. The van der Waals surface area contributed by atoms with Crippen LogP contribution in [0.3, 0.4) is 0 Å². The fourth-order valence-electron chi connectivity index (χ4n) is 3.18. The molecule has 3 rings (SSSR count). The third-order valence-electron chi connectivity index (χ3n) is 4.83. The van der Waals surface area contributed by atoms with Crippen molar-refractivity contribution in [3.63, 3.8) is 0 Å². The predicted octanol–water partition coefficient (Wildman–Crippen LogP) is 4.06. The number of aryl methyl sites for hydroxylation is 1. The standard InChI is InChI=1S/C19H23FN2OS/c1-12-10-15(24-17(12)13-4-6-14(20)7-5-13)18(23)22-9-8-16(21)19(2,3)11-22/h4-7,10,16H,8-9,11,21H2,1-3H3. The van der Waals surface area contributed by atoms with Crippen LogP contribution in [-0.4, -0.2) is 29.9 Å². The molecule has 0 saturated carbocycles. The number of carbonyl (C=O) groups excluding carboxylic acids is 1. The van der Waals surface area contributed by atoms with E-state index in [0.717, 1.165) is 27.3 Å². The number of rotatable bonds is 2. The molecule has 1 fully saturated rings. The molecule has 128 valence electrons. The number of thiophene rings is 1. The molecule has 0 bridgehead atoms. The highest BCUT2D eigenvalue weighted by molar-refractivity contribution is 7.17. The van der Waals surface area contributed by atoms with Gasteiger partial charge in [0.15, 0.2) is 0 Å². The summed E-state index contributed by atoms with van der Waals surface area (Å²) in [6, 6.07) is 8.47. The molecule has 1 saturated heterocycles. The molecule has 1 amide bonds. The third-order valence-corrected chi connectivity index (χ3v) is 6.11. The average Bonchev–Trinajstić information content (AvgIpc) is 2.92. The molecule has 2 heterocycles. The maximum absolute atomic E-state index is 13.1. The van der Waals surface area contributed by atoms with Gasteiger partial charge in [0.2, 0.25) is 0 Å². The molecular weight excluding hydrogens is 323 g/mol. The summed E-state index contributed by atoms with van der Waals surface area (Å²) in [7, 11) is 0. The Balaban J connectivity index is 1.84. The van der Waals surface area contributed by atoms with Crippen LogP contribution in [0.4, 0.5) is 4.39 Å². The number of piperidine rings is 1. The Bertz CT molecular complexity index is 751. The summed E-state index contributed by atoms with van der Waals surface area (Å²) in [4.78, 5) is 16.5. The fraction of sp³-hybridized carbons (Fsp3) is 0.421. The lowest BCUT2D eigenvalue weighted by molar-refractivity contribution is 0.0537. The van der Waals surface area contributed by atoms with Gasteiger partial charge >= 0.3 is 0 Å². The maximum Gasteiger partial charge on any atom is 0.263 e. The minimum Gasteiger partial charge on any atom is -0.337 e. The molecule has 1 atom stereocenters.